The maximum Gasteiger partial charge on any atom is 0.303 e. The van der Waals surface area contributed by atoms with E-state index in [0.717, 1.165) is 0 Å². The predicted octanol–water partition coefficient (Wildman–Crippen LogP) is 1.89. The highest BCUT2D eigenvalue weighted by Gasteiger charge is 2.34. The van der Waals surface area contributed by atoms with Crippen LogP contribution in [-0.2, 0) is 9.59 Å². The lowest BCUT2D eigenvalue weighted by Crippen LogP contribution is -2.27. The highest BCUT2D eigenvalue weighted by Crippen LogP contribution is 2.25. The van der Waals surface area contributed by atoms with Crippen LogP contribution in [0.15, 0.2) is 35.4 Å². The molecule has 0 bridgehead atoms. The molecular formula is C13H14N2O3. The SMILES string of the molecule is CC1=NN(c2ccccc2)C(=O)[C@@H]1CCC(=O)O. The Balaban J connectivity index is 2.14. The summed E-state index contributed by atoms with van der Waals surface area (Å²) in [5.41, 5.74) is 1.38. The van der Waals surface area contributed by atoms with E-state index in [4.69, 9.17) is 5.11 Å². The van der Waals surface area contributed by atoms with Gasteiger partial charge in [0.05, 0.1) is 11.6 Å². The van der Waals surface area contributed by atoms with Gasteiger partial charge in [0, 0.05) is 12.1 Å². The lowest BCUT2D eigenvalue weighted by atomic mass is 9.98. The molecule has 0 radical (unpaired) electrons. The molecule has 1 aromatic rings. The van der Waals surface area contributed by atoms with Crippen LogP contribution in [0.25, 0.3) is 0 Å². The van der Waals surface area contributed by atoms with Gasteiger partial charge in [-0.25, -0.2) is 5.01 Å². The number of carbonyl (C=O) groups excluding carboxylic acids is 1. The van der Waals surface area contributed by atoms with Crippen LogP contribution in [0, 0.1) is 5.92 Å². The van der Waals surface area contributed by atoms with Gasteiger partial charge in [-0.3, -0.25) is 9.59 Å². The van der Waals surface area contributed by atoms with Crippen LogP contribution >= 0.6 is 0 Å². The van der Waals surface area contributed by atoms with E-state index in [-0.39, 0.29) is 12.3 Å². The van der Waals surface area contributed by atoms with E-state index in [2.05, 4.69) is 5.10 Å². The standard InChI is InChI=1S/C13H14N2O3/c1-9-11(7-8-12(16)17)13(18)15(14-9)10-5-3-2-4-6-10/h2-6,11H,7-8H2,1H3,(H,16,17)/t11-/m1/s1. The number of hydrogen-bond acceptors (Lipinski definition) is 3. The molecule has 94 valence electrons. The summed E-state index contributed by atoms with van der Waals surface area (Å²) < 4.78 is 0. The quantitative estimate of drug-likeness (QED) is 0.881. The van der Waals surface area contributed by atoms with Gasteiger partial charge in [-0.05, 0) is 25.5 Å². The summed E-state index contributed by atoms with van der Waals surface area (Å²) in [6, 6.07) is 9.13. The van der Waals surface area contributed by atoms with Gasteiger partial charge < -0.3 is 5.11 Å². The van der Waals surface area contributed by atoms with E-state index in [1.807, 2.05) is 18.2 Å². The van der Waals surface area contributed by atoms with Crippen LogP contribution < -0.4 is 5.01 Å². The summed E-state index contributed by atoms with van der Waals surface area (Å²) >= 11 is 0. The summed E-state index contributed by atoms with van der Waals surface area (Å²) in [4.78, 5) is 22.7. The second-order valence-electron chi connectivity index (χ2n) is 4.21. The molecule has 0 saturated heterocycles. The van der Waals surface area contributed by atoms with Crippen molar-refractivity contribution in [2.24, 2.45) is 11.0 Å². The maximum atomic E-state index is 12.1. The number of carboxylic acids is 1. The second kappa shape index (κ2) is 5.00. The molecule has 1 heterocycles. The Morgan fingerprint density at radius 2 is 2.06 bits per heavy atom. The molecule has 0 spiro atoms. The van der Waals surface area contributed by atoms with E-state index < -0.39 is 11.9 Å². The summed E-state index contributed by atoms with van der Waals surface area (Å²) in [6.45, 7) is 1.76. The van der Waals surface area contributed by atoms with Gasteiger partial charge in [0.2, 0.25) is 0 Å². The Hall–Kier alpha value is -2.17. The van der Waals surface area contributed by atoms with Gasteiger partial charge in [-0.2, -0.15) is 5.10 Å². The fourth-order valence-electron chi connectivity index (χ4n) is 1.96. The zero-order chi connectivity index (χ0) is 13.1. The second-order valence-corrected chi connectivity index (χ2v) is 4.21. The molecule has 2 rings (SSSR count). The van der Waals surface area contributed by atoms with E-state index in [1.165, 1.54) is 5.01 Å². The first kappa shape index (κ1) is 12.3. The molecule has 0 aliphatic carbocycles. The number of anilines is 1. The number of para-hydroxylation sites is 1. The Morgan fingerprint density at radius 1 is 1.39 bits per heavy atom. The fourth-order valence-corrected chi connectivity index (χ4v) is 1.96. The highest BCUT2D eigenvalue weighted by molar-refractivity contribution is 6.14. The average molecular weight is 246 g/mol. The first-order valence-corrected chi connectivity index (χ1v) is 5.75. The van der Waals surface area contributed by atoms with Crippen LogP contribution in [0.1, 0.15) is 19.8 Å². The molecule has 1 atom stereocenters. The van der Waals surface area contributed by atoms with Crippen molar-refractivity contribution in [3.05, 3.63) is 30.3 Å². The molecule has 18 heavy (non-hydrogen) atoms. The Morgan fingerprint density at radius 3 is 2.67 bits per heavy atom. The minimum Gasteiger partial charge on any atom is -0.481 e. The summed E-state index contributed by atoms with van der Waals surface area (Å²) in [6.07, 6.45) is 0.277. The smallest absolute Gasteiger partial charge is 0.303 e. The van der Waals surface area contributed by atoms with Crippen molar-refractivity contribution >= 4 is 23.3 Å². The zero-order valence-corrected chi connectivity index (χ0v) is 10.0. The minimum atomic E-state index is -0.895. The van der Waals surface area contributed by atoms with Crippen molar-refractivity contribution in [1.29, 1.82) is 0 Å². The molecule has 0 fully saturated rings. The lowest BCUT2D eigenvalue weighted by Gasteiger charge is -2.13. The first-order chi connectivity index (χ1) is 8.59. The van der Waals surface area contributed by atoms with Crippen molar-refractivity contribution in [2.45, 2.75) is 19.8 Å². The number of hydrazone groups is 1. The summed E-state index contributed by atoms with van der Waals surface area (Å²) in [5.74, 6) is -1.46. The van der Waals surface area contributed by atoms with Crippen molar-refractivity contribution in [1.82, 2.24) is 0 Å². The molecule has 1 aliphatic heterocycles. The number of carboxylic acid groups (broad SMARTS) is 1. The van der Waals surface area contributed by atoms with E-state index in [1.54, 1.807) is 19.1 Å². The molecular weight excluding hydrogens is 232 g/mol. The molecule has 5 nitrogen and oxygen atoms in total. The van der Waals surface area contributed by atoms with Gasteiger partial charge in [0.25, 0.3) is 5.91 Å². The normalized spacial score (nSPS) is 18.9. The minimum absolute atomic E-state index is 0.0219. The van der Waals surface area contributed by atoms with Crippen LogP contribution in [0.4, 0.5) is 5.69 Å². The van der Waals surface area contributed by atoms with E-state index in [0.29, 0.717) is 17.8 Å². The highest BCUT2D eigenvalue weighted by atomic mass is 16.4. The lowest BCUT2D eigenvalue weighted by molar-refractivity contribution is -0.137. The number of aliphatic carboxylic acids is 1. The third-order valence-electron chi connectivity index (χ3n) is 2.92. The topological polar surface area (TPSA) is 70.0 Å². The van der Waals surface area contributed by atoms with Crippen LogP contribution in [0.5, 0.6) is 0 Å². The van der Waals surface area contributed by atoms with Crippen molar-refractivity contribution < 1.29 is 14.7 Å². The summed E-state index contributed by atoms with van der Waals surface area (Å²) in [5, 5.41) is 14.2. The first-order valence-electron chi connectivity index (χ1n) is 5.75. The molecule has 1 amide bonds. The van der Waals surface area contributed by atoms with E-state index in [9.17, 15) is 9.59 Å². The van der Waals surface area contributed by atoms with Gasteiger partial charge in [0.1, 0.15) is 0 Å². The average Bonchev–Trinajstić information content (AvgIpc) is 2.63. The number of hydrogen-bond donors (Lipinski definition) is 1. The molecule has 1 aromatic carbocycles. The number of amides is 1. The molecule has 0 saturated carbocycles. The van der Waals surface area contributed by atoms with Gasteiger partial charge in [-0.15, -0.1) is 0 Å². The van der Waals surface area contributed by atoms with Crippen LogP contribution in [0.2, 0.25) is 0 Å². The number of carbonyl (C=O) groups is 2. The van der Waals surface area contributed by atoms with Gasteiger partial charge in [-0.1, -0.05) is 18.2 Å². The number of benzene rings is 1. The Labute approximate surface area is 105 Å². The Bertz CT molecular complexity index is 496. The largest absolute Gasteiger partial charge is 0.481 e. The molecule has 0 aromatic heterocycles. The molecule has 5 heteroatoms. The summed E-state index contributed by atoms with van der Waals surface area (Å²) in [7, 11) is 0. The fraction of sp³-hybridized carbons (Fsp3) is 0.308. The van der Waals surface area contributed by atoms with E-state index >= 15 is 0 Å². The third kappa shape index (κ3) is 2.40. The van der Waals surface area contributed by atoms with Crippen molar-refractivity contribution in [3.63, 3.8) is 0 Å². The van der Waals surface area contributed by atoms with Crippen molar-refractivity contribution in [2.75, 3.05) is 5.01 Å². The number of nitrogens with zero attached hydrogens (tertiary/aromatic N) is 2. The monoisotopic (exact) mass is 246 g/mol. The zero-order valence-electron chi connectivity index (χ0n) is 10.0. The van der Waals surface area contributed by atoms with Crippen LogP contribution in [-0.4, -0.2) is 22.7 Å². The van der Waals surface area contributed by atoms with Gasteiger partial charge >= 0.3 is 5.97 Å². The third-order valence-corrected chi connectivity index (χ3v) is 2.92. The van der Waals surface area contributed by atoms with Crippen LogP contribution in [0.3, 0.4) is 0 Å². The Kier molecular flexibility index (Phi) is 3.41. The predicted molar refractivity (Wildman–Crippen MR) is 67.4 cm³/mol. The van der Waals surface area contributed by atoms with Gasteiger partial charge in [0.15, 0.2) is 0 Å². The molecule has 1 aliphatic rings. The van der Waals surface area contributed by atoms with Crippen molar-refractivity contribution in [3.8, 4) is 0 Å². The molecule has 0 unspecified atom stereocenters. The maximum absolute atomic E-state index is 12.1. The molecule has 1 N–H and O–H groups in total. The number of rotatable bonds is 4.